The van der Waals surface area contributed by atoms with Crippen molar-refractivity contribution in [2.75, 3.05) is 19.6 Å². The standard InChI is InChI=1S/C8H18N2O/c1-2-3-9-5-7-4-8(11)6-10-7/h7-11H,2-6H2,1H3. The Bertz CT molecular complexity index is 108. The van der Waals surface area contributed by atoms with Crippen LogP contribution in [0.15, 0.2) is 0 Å². The summed E-state index contributed by atoms with van der Waals surface area (Å²) in [5.74, 6) is 0. The third-order valence-electron chi connectivity index (χ3n) is 2.02. The molecule has 2 atom stereocenters. The molecule has 3 N–H and O–H groups in total. The zero-order valence-electron chi connectivity index (χ0n) is 7.14. The molecule has 2 unspecified atom stereocenters. The minimum Gasteiger partial charge on any atom is -0.392 e. The monoisotopic (exact) mass is 158 g/mol. The highest BCUT2D eigenvalue weighted by atomic mass is 16.3. The summed E-state index contributed by atoms with van der Waals surface area (Å²) < 4.78 is 0. The highest BCUT2D eigenvalue weighted by Crippen LogP contribution is 2.04. The van der Waals surface area contributed by atoms with Gasteiger partial charge in [0, 0.05) is 19.1 Å². The smallest absolute Gasteiger partial charge is 0.0680 e. The van der Waals surface area contributed by atoms with Gasteiger partial charge in [-0.1, -0.05) is 6.92 Å². The number of aliphatic hydroxyl groups excluding tert-OH is 1. The van der Waals surface area contributed by atoms with Crippen molar-refractivity contribution in [3.8, 4) is 0 Å². The second-order valence-electron chi connectivity index (χ2n) is 3.20. The highest BCUT2D eigenvalue weighted by molar-refractivity contribution is 4.82. The van der Waals surface area contributed by atoms with Crippen molar-refractivity contribution in [3.63, 3.8) is 0 Å². The van der Waals surface area contributed by atoms with Crippen molar-refractivity contribution in [3.05, 3.63) is 0 Å². The lowest BCUT2D eigenvalue weighted by Crippen LogP contribution is -2.34. The molecule has 3 heteroatoms. The molecule has 0 aliphatic carbocycles. The third kappa shape index (κ3) is 3.18. The summed E-state index contributed by atoms with van der Waals surface area (Å²) in [7, 11) is 0. The Labute approximate surface area is 68.2 Å². The van der Waals surface area contributed by atoms with Gasteiger partial charge in [0.1, 0.15) is 0 Å². The molecule has 0 spiro atoms. The lowest BCUT2D eigenvalue weighted by molar-refractivity contribution is 0.193. The molecule has 1 fully saturated rings. The van der Waals surface area contributed by atoms with Crippen LogP contribution in [-0.4, -0.2) is 36.9 Å². The number of hydrogen-bond donors (Lipinski definition) is 3. The minimum atomic E-state index is -0.122. The summed E-state index contributed by atoms with van der Waals surface area (Å²) in [5.41, 5.74) is 0. The van der Waals surface area contributed by atoms with E-state index >= 15 is 0 Å². The molecule has 0 aromatic rings. The zero-order valence-corrected chi connectivity index (χ0v) is 7.14. The second kappa shape index (κ2) is 4.70. The van der Waals surface area contributed by atoms with Gasteiger partial charge in [-0.25, -0.2) is 0 Å². The van der Waals surface area contributed by atoms with Crippen LogP contribution in [0, 0.1) is 0 Å². The Kier molecular flexibility index (Phi) is 3.83. The van der Waals surface area contributed by atoms with Crippen molar-refractivity contribution in [2.24, 2.45) is 0 Å². The molecule has 11 heavy (non-hydrogen) atoms. The van der Waals surface area contributed by atoms with Crippen LogP contribution in [0.5, 0.6) is 0 Å². The molecule has 0 aromatic heterocycles. The van der Waals surface area contributed by atoms with Crippen LogP contribution in [0.25, 0.3) is 0 Å². The molecule has 3 nitrogen and oxygen atoms in total. The van der Waals surface area contributed by atoms with Gasteiger partial charge in [-0.15, -0.1) is 0 Å². The Morgan fingerprint density at radius 1 is 1.64 bits per heavy atom. The van der Waals surface area contributed by atoms with E-state index in [1.807, 2.05) is 0 Å². The Balaban J connectivity index is 1.99. The summed E-state index contributed by atoms with van der Waals surface area (Å²) in [6.07, 6.45) is 1.95. The van der Waals surface area contributed by atoms with E-state index in [0.717, 1.165) is 26.1 Å². The van der Waals surface area contributed by atoms with Crippen molar-refractivity contribution >= 4 is 0 Å². The fraction of sp³-hybridized carbons (Fsp3) is 1.00. The molecule has 0 aromatic carbocycles. The fourth-order valence-corrected chi connectivity index (χ4v) is 1.41. The van der Waals surface area contributed by atoms with E-state index in [1.54, 1.807) is 0 Å². The zero-order chi connectivity index (χ0) is 8.10. The summed E-state index contributed by atoms with van der Waals surface area (Å²) in [4.78, 5) is 0. The fourth-order valence-electron chi connectivity index (χ4n) is 1.41. The molecular formula is C8H18N2O. The van der Waals surface area contributed by atoms with Crippen molar-refractivity contribution < 1.29 is 5.11 Å². The quantitative estimate of drug-likeness (QED) is 0.493. The van der Waals surface area contributed by atoms with Crippen LogP contribution in [0.1, 0.15) is 19.8 Å². The summed E-state index contributed by atoms with van der Waals surface area (Å²) in [6.45, 7) is 4.99. The van der Waals surface area contributed by atoms with Gasteiger partial charge in [-0.3, -0.25) is 0 Å². The van der Waals surface area contributed by atoms with E-state index in [9.17, 15) is 0 Å². The van der Waals surface area contributed by atoms with E-state index in [1.165, 1.54) is 6.42 Å². The maximum absolute atomic E-state index is 9.17. The summed E-state index contributed by atoms with van der Waals surface area (Å²) in [6, 6.07) is 0.483. The number of β-amino-alcohol motifs (C(OH)–C–C–N with tert-alkyl or cyclic N) is 1. The predicted octanol–water partition coefficient (Wildman–Crippen LogP) is -0.291. The first kappa shape index (κ1) is 8.97. The Morgan fingerprint density at radius 3 is 3.00 bits per heavy atom. The van der Waals surface area contributed by atoms with Crippen LogP contribution in [0.3, 0.4) is 0 Å². The van der Waals surface area contributed by atoms with E-state index in [2.05, 4.69) is 17.6 Å². The van der Waals surface area contributed by atoms with Gasteiger partial charge in [0.2, 0.25) is 0 Å². The second-order valence-corrected chi connectivity index (χ2v) is 3.20. The van der Waals surface area contributed by atoms with E-state index in [0.29, 0.717) is 6.04 Å². The van der Waals surface area contributed by atoms with Gasteiger partial charge in [0.25, 0.3) is 0 Å². The maximum Gasteiger partial charge on any atom is 0.0680 e. The Hall–Kier alpha value is -0.120. The number of rotatable bonds is 4. The summed E-state index contributed by atoms with van der Waals surface area (Å²) >= 11 is 0. The molecule has 0 saturated carbocycles. The number of aliphatic hydroxyl groups is 1. The molecule has 1 aliphatic heterocycles. The van der Waals surface area contributed by atoms with Crippen LogP contribution >= 0.6 is 0 Å². The molecule has 1 saturated heterocycles. The molecule has 0 bridgehead atoms. The maximum atomic E-state index is 9.17. The SMILES string of the molecule is CCCNCC1CC(O)CN1. The van der Waals surface area contributed by atoms with Crippen molar-refractivity contribution in [1.82, 2.24) is 10.6 Å². The molecule has 66 valence electrons. The first-order chi connectivity index (χ1) is 5.33. The molecule has 1 rings (SSSR count). The normalized spacial score (nSPS) is 31.1. The first-order valence-corrected chi connectivity index (χ1v) is 4.45. The molecular weight excluding hydrogens is 140 g/mol. The molecule has 1 aliphatic rings. The lowest BCUT2D eigenvalue weighted by Gasteiger charge is -2.09. The van der Waals surface area contributed by atoms with Crippen LogP contribution in [0.2, 0.25) is 0 Å². The van der Waals surface area contributed by atoms with Gasteiger partial charge in [-0.05, 0) is 19.4 Å². The number of hydrogen-bond acceptors (Lipinski definition) is 3. The van der Waals surface area contributed by atoms with Gasteiger partial charge in [0.05, 0.1) is 6.10 Å². The molecule has 1 heterocycles. The van der Waals surface area contributed by atoms with Crippen LogP contribution in [-0.2, 0) is 0 Å². The topological polar surface area (TPSA) is 44.3 Å². The summed E-state index contributed by atoms with van der Waals surface area (Å²) in [5, 5.41) is 15.7. The minimum absolute atomic E-state index is 0.122. The molecule has 0 amide bonds. The van der Waals surface area contributed by atoms with Crippen molar-refractivity contribution in [1.29, 1.82) is 0 Å². The molecule has 0 radical (unpaired) electrons. The van der Waals surface area contributed by atoms with Gasteiger partial charge < -0.3 is 15.7 Å². The Morgan fingerprint density at radius 2 is 2.45 bits per heavy atom. The van der Waals surface area contributed by atoms with Crippen molar-refractivity contribution in [2.45, 2.75) is 31.9 Å². The number of nitrogens with one attached hydrogen (secondary N) is 2. The van der Waals surface area contributed by atoms with E-state index in [-0.39, 0.29) is 6.10 Å². The van der Waals surface area contributed by atoms with Gasteiger partial charge in [0.15, 0.2) is 0 Å². The first-order valence-electron chi connectivity index (χ1n) is 4.45. The van der Waals surface area contributed by atoms with E-state index < -0.39 is 0 Å². The van der Waals surface area contributed by atoms with Gasteiger partial charge in [-0.2, -0.15) is 0 Å². The van der Waals surface area contributed by atoms with Crippen LogP contribution < -0.4 is 10.6 Å². The highest BCUT2D eigenvalue weighted by Gasteiger charge is 2.20. The van der Waals surface area contributed by atoms with Gasteiger partial charge >= 0.3 is 0 Å². The lowest BCUT2D eigenvalue weighted by atomic mass is 10.2. The third-order valence-corrected chi connectivity index (χ3v) is 2.02. The predicted molar refractivity (Wildman–Crippen MR) is 45.6 cm³/mol. The average Bonchev–Trinajstić information content (AvgIpc) is 2.37. The average molecular weight is 158 g/mol. The van der Waals surface area contributed by atoms with E-state index in [4.69, 9.17) is 5.11 Å². The largest absolute Gasteiger partial charge is 0.392 e. The van der Waals surface area contributed by atoms with Crippen LogP contribution in [0.4, 0.5) is 0 Å².